The molecule has 0 saturated carbocycles. The van der Waals surface area contributed by atoms with E-state index < -0.39 is 340 Å². The van der Waals surface area contributed by atoms with Gasteiger partial charge in [-0.25, -0.2) is 9.59 Å². The molecule has 49 heteroatoms. The summed E-state index contributed by atoms with van der Waals surface area (Å²) in [5.41, 5.74) is 0. The Kier molecular flexibility index (Phi) is 32.0. The molecule has 49 nitrogen and oxygen atoms in total. The van der Waals surface area contributed by atoms with E-state index in [-0.39, 0.29) is 0 Å². The highest BCUT2D eigenvalue weighted by molar-refractivity contribution is 5.79. The van der Waals surface area contributed by atoms with Crippen molar-refractivity contribution in [1.82, 2.24) is 26.6 Å². The lowest BCUT2D eigenvalue weighted by atomic mass is 9.87. The van der Waals surface area contributed by atoms with Crippen LogP contribution in [0.2, 0.25) is 0 Å². The second-order valence-electron chi connectivity index (χ2n) is 26.2. The summed E-state index contributed by atoms with van der Waals surface area (Å²) in [6, 6.07) is -9.87. The van der Waals surface area contributed by atoms with E-state index >= 15 is 0 Å². The summed E-state index contributed by atoms with van der Waals surface area (Å²) in [7, 11) is 0. The van der Waals surface area contributed by atoms with Crippen LogP contribution >= 0.6 is 0 Å². The molecule has 7 heterocycles. The molecule has 7 rings (SSSR count). The first-order valence-electron chi connectivity index (χ1n) is 33.2. The van der Waals surface area contributed by atoms with Crippen LogP contribution in [0.3, 0.4) is 0 Å². The van der Waals surface area contributed by atoms with Crippen molar-refractivity contribution in [2.24, 2.45) is 0 Å². The molecule has 7 aliphatic heterocycles. The van der Waals surface area contributed by atoms with Gasteiger partial charge in [0.25, 0.3) is 11.6 Å². The predicted molar refractivity (Wildman–Crippen MR) is 327 cm³/mol. The van der Waals surface area contributed by atoms with Gasteiger partial charge in [-0.05, 0) is 0 Å². The van der Waals surface area contributed by atoms with E-state index in [1.165, 1.54) is 0 Å². The third-order valence-corrected chi connectivity index (χ3v) is 18.7. The molecule has 0 aromatic carbocycles. The molecule has 616 valence electrons. The monoisotopic (exact) mass is 1570 g/mol. The Morgan fingerprint density at radius 2 is 0.804 bits per heavy atom. The van der Waals surface area contributed by atoms with Crippen molar-refractivity contribution < 1.29 is 218 Å². The molecule has 29 N–H and O–H groups in total. The second-order valence-corrected chi connectivity index (χ2v) is 26.2. The van der Waals surface area contributed by atoms with Crippen LogP contribution in [0.5, 0.6) is 0 Å². The molecule has 7 fully saturated rings. The third kappa shape index (κ3) is 20.0. The van der Waals surface area contributed by atoms with Crippen LogP contribution in [0.4, 0.5) is 0 Å². The fourth-order valence-corrected chi connectivity index (χ4v) is 13.3. The smallest absolute Gasteiger partial charge is 0.364 e. The van der Waals surface area contributed by atoms with E-state index in [1.807, 2.05) is 0 Å². The maximum Gasteiger partial charge on any atom is 0.364 e. The van der Waals surface area contributed by atoms with E-state index in [1.54, 1.807) is 0 Å². The predicted octanol–water partition coefficient (Wildman–Crippen LogP) is -19.2. The van der Waals surface area contributed by atoms with Crippen molar-refractivity contribution >= 4 is 41.5 Å². The minimum atomic E-state index is -3.51. The highest BCUT2D eigenvalue weighted by Crippen LogP contribution is 2.42. The molecule has 7 aliphatic rings. The SMILES string of the molecule is CC(=O)N[C@H]1[C@H](O[C@@H]2[C@H](OC3(C(=O)O)C[C@H](O)[C@@H](NC(=O)CO)[C@H]([C@H](O)[C@H](O)CO)O3)[C@@H](NC(C)=O)[C@H](O[C@H]3[C@@H](O)[C@@H](CO)O[C@@H](O[C@@H]4[C@H](O)[C@@H](O)[C@H](O[C@H]5[C@@H](O)[C@@H](CO[C@]6(C(=O)O)C[C@H](O)[C@@H](NC(=O)CO)[C@H]([C@H](O)[C@H](O)CO)O6)OC(O)[C@@H]5NC(C)=O)O[C@@H]4CO)[C@@H]3O)O[C@@H]2CO)O[C@H](CO)[C@H](O)[C@@H]1O. The van der Waals surface area contributed by atoms with Crippen LogP contribution in [0.1, 0.15) is 33.6 Å². The van der Waals surface area contributed by atoms with E-state index in [0.29, 0.717) is 0 Å². The molecule has 2 unspecified atom stereocenters. The normalized spacial score (nSPS) is 43.0. The minimum Gasteiger partial charge on any atom is -0.477 e. The molecule has 5 amide bonds. The number of nitrogens with one attached hydrogen (secondary N) is 5. The van der Waals surface area contributed by atoms with Crippen molar-refractivity contribution in [2.75, 3.05) is 59.5 Å². The number of hydrogen-bond donors (Lipinski definition) is 29. The zero-order valence-corrected chi connectivity index (χ0v) is 56.9. The Labute approximate surface area is 603 Å². The van der Waals surface area contributed by atoms with Crippen LogP contribution in [-0.2, 0) is 95.1 Å². The Hall–Kier alpha value is -5.11. The summed E-state index contributed by atoms with van der Waals surface area (Å²) in [4.78, 5) is 90.2. The molecule has 0 aliphatic carbocycles. The molecular weight excluding hydrogens is 1470 g/mol. The number of hydrogen-bond acceptors (Lipinski definition) is 42. The topological polar surface area (TPSA) is 785 Å². The maximum atomic E-state index is 13.9. The molecule has 0 aromatic heterocycles. The van der Waals surface area contributed by atoms with E-state index in [0.717, 1.165) is 20.8 Å². The van der Waals surface area contributed by atoms with Crippen molar-refractivity contribution in [3.63, 3.8) is 0 Å². The second kappa shape index (κ2) is 38.4. The number of ether oxygens (including phenoxy) is 13. The van der Waals surface area contributed by atoms with Gasteiger partial charge >= 0.3 is 11.9 Å². The molecule has 0 bridgehead atoms. The van der Waals surface area contributed by atoms with Gasteiger partial charge in [-0.3, -0.25) is 24.0 Å². The lowest BCUT2D eigenvalue weighted by Crippen LogP contribution is -2.74. The number of amides is 5. The van der Waals surface area contributed by atoms with E-state index in [4.69, 9.17) is 61.6 Å². The van der Waals surface area contributed by atoms with Crippen molar-refractivity contribution in [3.8, 4) is 0 Å². The summed E-state index contributed by atoms with van der Waals surface area (Å²) in [6.45, 7) is -8.49. The van der Waals surface area contributed by atoms with Gasteiger partial charge in [0.1, 0.15) is 172 Å². The van der Waals surface area contributed by atoms with Gasteiger partial charge in [-0.15, -0.1) is 0 Å². The van der Waals surface area contributed by atoms with Gasteiger partial charge < -0.3 is 211 Å². The first-order chi connectivity index (χ1) is 50.3. The quantitative estimate of drug-likeness (QED) is 0.0297. The van der Waals surface area contributed by atoms with Crippen LogP contribution in [0.15, 0.2) is 0 Å². The highest BCUT2D eigenvalue weighted by atomic mass is 16.8. The lowest BCUT2D eigenvalue weighted by molar-refractivity contribution is -0.395. The van der Waals surface area contributed by atoms with E-state index in [9.17, 15) is 156 Å². The first-order valence-corrected chi connectivity index (χ1v) is 33.2. The van der Waals surface area contributed by atoms with E-state index in [2.05, 4.69) is 26.6 Å². The summed E-state index contributed by atoms with van der Waals surface area (Å²) in [5, 5.41) is 273. The Balaban J connectivity index is 1.20. The first kappa shape index (κ1) is 89.1. The van der Waals surface area contributed by atoms with Crippen LogP contribution in [0, 0.1) is 0 Å². The van der Waals surface area contributed by atoms with Crippen molar-refractivity contribution in [1.29, 1.82) is 0 Å². The van der Waals surface area contributed by atoms with Gasteiger partial charge in [-0.2, -0.15) is 0 Å². The number of aliphatic carboxylic acids is 2. The summed E-state index contributed by atoms with van der Waals surface area (Å²) in [5.74, 6) is -16.5. The fourth-order valence-electron chi connectivity index (χ4n) is 13.3. The number of aliphatic hydroxyl groups excluding tert-OH is 22. The summed E-state index contributed by atoms with van der Waals surface area (Å²) >= 11 is 0. The number of carboxylic acids is 2. The Morgan fingerprint density at radius 3 is 1.30 bits per heavy atom. The largest absolute Gasteiger partial charge is 0.477 e. The molecular formula is C58H95N5O44. The van der Waals surface area contributed by atoms with Gasteiger partial charge in [0.15, 0.2) is 31.5 Å². The van der Waals surface area contributed by atoms with Crippen LogP contribution in [0.25, 0.3) is 0 Å². The van der Waals surface area contributed by atoms with Gasteiger partial charge in [0.2, 0.25) is 29.5 Å². The van der Waals surface area contributed by atoms with Crippen LogP contribution in [-0.4, -0.2) is 449 Å². The highest BCUT2D eigenvalue weighted by Gasteiger charge is 2.64. The van der Waals surface area contributed by atoms with Gasteiger partial charge in [0, 0.05) is 33.6 Å². The third-order valence-electron chi connectivity index (χ3n) is 18.7. The minimum absolute atomic E-state index is 0.820. The summed E-state index contributed by atoms with van der Waals surface area (Å²) in [6.07, 6.45) is -69.9. The number of carbonyl (C=O) groups excluding carboxylic acids is 5. The molecule has 0 aromatic rings. The van der Waals surface area contributed by atoms with Gasteiger partial charge in [-0.1, -0.05) is 0 Å². The fraction of sp³-hybridized carbons (Fsp3) is 0.879. The average Bonchev–Trinajstić information content (AvgIpc) is 0.746. The van der Waals surface area contributed by atoms with Crippen molar-refractivity contribution in [3.05, 3.63) is 0 Å². The van der Waals surface area contributed by atoms with Crippen molar-refractivity contribution in [2.45, 2.75) is 259 Å². The maximum absolute atomic E-state index is 13.9. The average molecular weight is 1570 g/mol. The molecule has 0 radical (unpaired) electrons. The number of rotatable bonds is 32. The molecule has 37 atom stereocenters. The standard InChI is InChI=1S/C58H95N5O44/c1-15(72)59-31-39(86)36(83)22(8-66)97-51(31)102-44-25(11-69)99-52(33(61-17(3)74)48(44)107-58(56(93)94)5-19(76)30(63-28(80)13-71)47(106-58)35(82)21(78)7-65)104-49-37(84)23(9-67)98-54(42(49)89)101-43-24(10-68)100-53(41(88)40(43)87)103-45-32(60-16(2)73)50(90)96-26(38(45)85)14-95-57(55(91)92)4-18(75)29(62-27(79)12-70)46(105-57)34(81)20(77)6-64/h18-26,29-54,64-71,75-78,81-90H,4-14H2,1-3H3,(H,59,72)(H,60,73)(H,61,74)(H,62,79)(H,63,80)(H,91,92)(H,93,94)/t18-,19-,20+,21+,22+,23+,24+,25+,26+,29+,30+,31+,32+,33+,34+,35+,36-,37-,38-,39+,40+,41+,42+,43-,44-,45+,46+,47+,48+,49-,50?,51-,52-,53-,54-,57+,58?/m0/s1. The zero-order valence-electron chi connectivity index (χ0n) is 56.9. The van der Waals surface area contributed by atoms with Crippen LogP contribution < -0.4 is 26.6 Å². The number of carbonyl (C=O) groups is 7. The molecule has 7 saturated heterocycles. The Bertz CT molecular complexity index is 2940. The van der Waals surface area contributed by atoms with Gasteiger partial charge in [0.05, 0.1) is 70.5 Å². The zero-order chi connectivity index (χ0) is 79.8. The number of aliphatic hydroxyl groups is 22. The molecule has 107 heavy (non-hydrogen) atoms. The molecule has 0 spiro atoms. The Morgan fingerprint density at radius 1 is 0.402 bits per heavy atom. The number of carboxylic acid groups (broad SMARTS) is 2. The summed E-state index contributed by atoms with van der Waals surface area (Å²) < 4.78 is 76.2. The lowest BCUT2D eigenvalue weighted by Gasteiger charge is -2.53.